The number of phenols is 1. The van der Waals surface area contributed by atoms with E-state index in [2.05, 4.69) is 36.7 Å². The van der Waals surface area contributed by atoms with Gasteiger partial charge in [-0.2, -0.15) is 0 Å². The first kappa shape index (κ1) is 40.6. The summed E-state index contributed by atoms with van der Waals surface area (Å²) >= 11 is 6.52. The van der Waals surface area contributed by atoms with E-state index in [0.717, 1.165) is 20.4 Å². The second-order valence-electron chi connectivity index (χ2n) is 5.84. The third kappa shape index (κ3) is 22.1. The minimum atomic E-state index is -0.209. The number of halogens is 3. The van der Waals surface area contributed by atoms with Gasteiger partial charge in [0.1, 0.15) is 23.1 Å². The molecule has 0 radical (unpaired) electrons. The van der Waals surface area contributed by atoms with Gasteiger partial charge in [-0.1, -0.05) is 87.8 Å². The fourth-order valence-corrected chi connectivity index (χ4v) is 2.79. The Bertz CT molecular complexity index is 1050. The van der Waals surface area contributed by atoms with Gasteiger partial charge in [-0.05, 0) is 60.7 Å². The van der Waals surface area contributed by atoms with Gasteiger partial charge in [0, 0.05) is 8.95 Å². The van der Waals surface area contributed by atoms with Crippen molar-refractivity contribution in [2.45, 2.75) is 7.43 Å². The van der Waals surface area contributed by atoms with Gasteiger partial charge in [0.25, 0.3) is 6.47 Å². The molecule has 4 aromatic rings. The van der Waals surface area contributed by atoms with E-state index in [4.69, 9.17) is 19.9 Å². The molecule has 4 rings (SSSR count). The molecule has 0 aromatic heterocycles. The molecule has 0 spiro atoms. The first-order chi connectivity index (χ1) is 15.9. The van der Waals surface area contributed by atoms with E-state index in [1.54, 1.807) is 36.4 Å². The Labute approximate surface area is 314 Å². The standard InChI is InChI=1S/C12H9BrO.C6H4BrF.C6H6O.CH2O3.CH4.2K.H/c13-10-5-4-8-12(9-10)14-11-6-2-1-3-7-11;7-5-2-1-3-6(8)4-5;7-6-4-2-1-3-5-6;2-1-4-3;;;;/h1-9H;1-4H;1-5,7H;1,3H;1H4;;;/q;;;;;2*+1;-1/p-1. The molecule has 4 aromatic carbocycles. The van der Waals surface area contributed by atoms with Crippen molar-refractivity contribution in [2.24, 2.45) is 0 Å². The van der Waals surface area contributed by atoms with Gasteiger partial charge in [0.15, 0.2) is 0 Å². The summed E-state index contributed by atoms with van der Waals surface area (Å²) in [4.78, 5) is 11.2. The molecule has 0 unspecified atom stereocenters. The van der Waals surface area contributed by atoms with Gasteiger partial charge < -0.3 is 21.4 Å². The topological polar surface area (TPSA) is 78.8 Å². The molecule has 0 heterocycles. The van der Waals surface area contributed by atoms with Crippen molar-refractivity contribution in [3.05, 3.63) is 124 Å². The van der Waals surface area contributed by atoms with Crippen LogP contribution in [0.2, 0.25) is 0 Å². The van der Waals surface area contributed by atoms with E-state index in [-0.39, 0.29) is 124 Å². The SMILES string of the molecule is Brc1cccc(Oc2ccccc2)c1.C.Fc1cccc(Br)c1.O=CO[O-].Oc1ccccc1.[H-].[K+].[K+]. The number of carbonyl (C=O) groups is 1. The minimum absolute atomic E-state index is 0. The van der Waals surface area contributed by atoms with Crippen molar-refractivity contribution in [2.75, 3.05) is 0 Å². The monoisotopic (exact) mass is 672 g/mol. The largest absolute Gasteiger partial charge is 1.00 e. The van der Waals surface area contributed by atoms with Crippen LogP contribution in [-0.2, 0) is 9.68 Å². The van der Waals surface area contributed by atoms with Crippen LogP contribution in [0.15, 0.2) is 118 Å². The van der Waals surface area contributed by atoms with Crippen LogP contribution in [0.25, 0.3) is 0 Å². The molecule has 1 N–H and O–H groups in total. The Kier molecular flexibility index (Phi) is 30.1. The number of aromatic hydroxyl groups is 1. The first-order valence-electron chi connectivity index (χ1n) is 9.30. The molecule has 0 amide bonds. The van der Waals surface area contributed by atoms with Gasteiger partial charge in [0.2, 0.25) is 0 Å². The molecule has 0 fully saturated rings. The van der Waals surface area contributed by atoms with Gasteiger partial charge in [-0.25, -0.2) is 4.39 Å². The summed E-state index contributed by atoms with van der Waals surface area (Å²) in [6.45, 7) is -0.181. The molecule has 0 bridgehead atoms. The predicted octanol–water partition coefficient (Wildman–Crippen LogP) is 1.41. The smallest absolute Gasteiger partial charge is 1.00 e. The van der Waals surface area contributed by atoms with Gasteiger partial charge >= 0.3 is 103 Å². The molecule has 0 aliphatic rings. The molecule has 0 saturated heterocycles. The molecule has 0 atom stereocenters. The van der Waals surface area contributed by atoms with E-state index >= 15 is 0 Å². The van der Waals surface area contributed by atoms with Crippen molar-refractivity contribution in [3.8, 4) is 17.2 Å². The van der Waals surface area contributed by atoms with Crippen LogP contribution in [0.5, 0.6) is 17.2 Å². The van der Waals surface area contributed by atoms with Crippen molar-refractivity contribution in [1.82, 2.24) is 0 Å². The van der Waals surface area contributed by atoms with Crippen LogP contribution in [0.1, 0.15) is 8.85 Å². The van der Waals surface area contributed by atoms with Crippen LogP contribution in [-0.4, -0.2) is 11.6 Å². The molecule has 10 heteroatoms. The minimum Gasteiger partial charge on any atom is -1.00 e. The van der Waals surface area contributed by atoms with Crippen molar-refractivity contribution >= 4 is 38.3 Å². The molecule has 0 aliphatic carbocycles. The van der Waals surface area contributed by atoms with Crippen molar-refractivity contribution in [1.29, 1.82) is 0 Å². The van der Waals surface area contributed by atoms with E-state index in [1.807, 2.05) is 60.7 Å². The zero-order chi connectivity index (χ0) is 24.3. The fourth-order valence-electron chi connectivity index (χ4n) is 2.04. The third-order valence-corrected chi connectivity index (χ3v) is 4.34. The van der Waals surface area contributed by atoms with Gasteiger partial charge in [0.05, 0.1) is 0 Å². The zero-order valence-electron chi connectivity index (χ0n) is 20.2. The summed E-state index contributed by atoms with van der Waals surface area (Å²) in [5, 5.41) is 17.1. The number of benzene rings is 4. The second-order valence-corrected chi connectivity index (χ2v) is 7.67. The maximum Gasteiger partial charge on any atom is 1.00 e. The number of phenolic OH excluding ortho intramolecular Hbond substituents is 1. The van der Waals surface area contributed by atoms with Crippen molar-refractivity contribution < 1.29 is 133 Å². The van der Waals surface area contributed by atoms with Crippen LogP contribution in [0, 0.1) is 5.82 Å². The second kappa shape index (κ2) is 26.7. The maximum absolute atomic E-state index is 12.1. The third-order valence-electron chi connectivity index (χ3n) is 3.36. The van der Waals surface area contributed by atoms with E-state index < -0.39 is 0 Å². The van der Waals surface area contributed by atoms with Crippen LogP contribution in [0.3, 0.4) is 0 Å². The maximum atomic E-state index is 12.1. The van der Waals surface area contributed by atoms with E-state index in [9.17, 15) is 4.39 Å². The van der Waals surface area contributed by atoms with Gasteiger partial charge in [-0.15, -0.1) is 0 Å². The number of para-hydroxylation sites is 2. The summed E-state index contributed by atoms with van der Waals surface area (Å²) in [5.74, 6) is 1.80. The average Bonchev–Trinajstić information content (AvgIpc) is 2.81. The number of carbonyl (C=O) groups excluding carboxylic acids is 1. The summed E-state index contributed by atoms with van der Waals surface area (Å²) in [6.07, 6.45) is 0. The van der Waals surface area contributed by atoms with Gasteiger partial charge in [-0.3, -0.25) is 4.79 Å². The first-order valence-corrected chi connectivity index (χ1v) is 10.9. The Morgan fingerprint density at radius 1 is 0.750 bits per heavy atom. The molecule has 0 saturated carbocycles. The average molecular weight is 674 g/mol. The van der Waals surface area contributed by atoms with E-state index in [0.29, 0.717) is 5.75 Å². The summed E-state index contributed by atoms with van der Waals surface area (Å²) in [7, 11) is 0. The Morgan fingerprint density at radius 3 is 1.56 bits per heavy atom. The zero-order valence-corrected chi connectivity index (χ0v) is 28.6. The summed E-state index contributed by atoms with van der Waals surface area (Å²) in [5.41, 5.74) is 0. The number of hydrogen-bond acceptors (Lipinski definition) is 5. The van der Waals surface area contributed by atoms with E-state index in [1.165, 1.54) is 12.1 Å². The van der Waals surface area contributed by atoms with Crippen LogP contribution >= 0.6 is 31.9 Å². The molecule has 5 nitrogen and oxygen atoms in total. The fraction of sp³-hybridized carbons (Fsp3) is 0.0385. The molecule has 36 heavy (non-hydrogen) atoms. The normalized spacial score (nSPS) is 8.11. The number of ether oxygens (including phenoxy) is 1. The van der Waals surface area contributed by atoms with Crippen LogP contribution < -0.4 is 113 Å². The molecular formula is C26H25Br2FK2O5. The number of rotatable bonds is 3. The number of hydrogen-bond donors (Lipinski definition) is 1. The summed E-state index contributed by atoms with van der Waals surface area (Å²) in [6, 6.07) is 32.5. The quantitative estimate of drug-likeness (QED) is 0.154. The Morgan fingerprint density at radius 2 is 1.19 bits per heavy atom. The summed E-state index contributed by atoms with van der Waals surface area (Å²) < 4.78 is 19.6. The molecule has 182 valence electrons. The molecular weight excluding hydrogens is 649 g/mol. The Hall–Kier alpha value is 0.0727. The van der Waals surface area contributed by atoms with Crippen LogP contribution in [0.4, 0.5) is 4.39 Å². The molecule has 0 aliphatic heterocycles. The predicted molar refractivity (Wildman–Crippen MR) is 138 cm³/mol. The van der Waals surface area contributed by atoms with Crippen molar-refractivity contribution in [3.63, 3.8) is 0 Å². The Balaban J connectivity index is -0.000000207.